The van der Waals surface area contributed by atoms with E-state index in [2.05, 4.69) is 24.6 Å². The third-order valence-electron chi connectivity index (χ3n) is 3.77. The van der Waals surface area contributed by atoms with Gasteiger partial charge in [0, 0.05) is 30.4 Å². The number of fused-ring (bicyclic) bond motifs is 1. The van der Waals surface area contributed by atoms with Gasteiger partial charge >= 0.3 is 0 Å². The Hall–Kier alpha value is -1.00. The van der Waals surface area contributed by atoms with Crippen LogP contribution in [0.4, 0.5) is 5.69 Å². The summed E-state index contributed by atoms with van der Waals surface area (Å²) in [6.45, 7) is 3.19. The van der Waals surface area contributed by atoms with E-state index < -0.39 is 0 Å². The van der Waals surface area contributed by atoms with Crippen molar-refractivity contribution < 1.29 is 4.79 Å². The molecule has 0 saturated heterocycles. The molecule has 2 atom stereocenters. The highest BCUT2D eigenvalue weighted by Gasteiger charge is 2.28. The molecule has 0 aliphatic carbocycles. The number of amides is 1. The predicted molar refractivity (Wildman–Crippen MR) is 82.8 cm³/mol. The molecule has 1 aliphatic rings. The second kappa shape index (κ2) is 6.44. The van der Waals surface area contributed by atoms with Crippen molar-refractivity contribution in [3.8, 4) is 0 Å². The third-order valence-corrected chi connectivity index (χ3v) is 4.81. The van der Waals surface area contributed by atoms with Gasteiger partial charge in [-0.1, -0.05) is 25.1 Å². The molecule has 1 N–H and O–H groups in total. The Morgan fingerprint density at radius 2 is 2.21 bits per heavy atom. The lowest BCUT2D eigenvalue weighted by atomic mass is 9.96. The lowest BCUT2D eigenvalue weighted by Gasteiger charge is -2.32. The van der Waals surface area contributed by atoms with E-state index in [1.165, 1.54) is 5.56 Å². The summed E-state index contributed by atoms with van der Waals surface area (Å²) in [6.07, 6.45) is 3.82. The van der Waals surface area contributed by atoms with Crippen LogP contribution < -0.4 is 10.2 Å². The molecular weight excluding hydrogens is 256 g/mol. The lowest BCUT2D eigenvalue weighted by Crippen LogP contribution is -2.38. The zero-order valence-corrected chi connectivity index (χ0v) is 12.7. The highest BCUT2D eigenvalue weighted by Crippen LogP contribution is 2.33. The average molecular weight is 278 g/mol. The lowest BCUT2D eigenvalue weighted by molar-refractivity contribution is -0.119. The van der Waals surface area contributed by atoms with E-state index in [0.29, 0.717) is 11.7 Å². The highest BCUT2D eigenvalue weighted by atomic mass is 32.2. The summed E-state index contributed by atoms with van der Waals surface area (Å²) in [7, 11) is 1.85. The SMILES string of the molecule is CSC(C)CCNC1CC(=O)N(C)c2ccccc21. The molecule has 19 heavy (non-hydrogen) atoms. The fraction of sp³-hybridized carbons (Fsp3) is 0.533. The Morgan fingerprint density at radius 3 is 2.95 bits per heavy atom. The van der Waals surface area contributed by atoms with E-state index in [0.717, 1.165) is 18.7 Å². The van der Waals surface area contributed by atoms with Crippen LogP contribution in [-0.2, 0) is 4.79 Å². The molecule has 1 amide bonds. The number of hydrogen-bond acceptors (Lipinski definition) is 3. The van der Waals surface area contributed by atoms with Crippen LogP contribution in [0, 0.1) is 0 Å². The summed E-state index contributed by atoms with van der Waals surface area (Å²) in [6, 6.07) is 8.33. The van der Waals surface area contributed by atoms with Crippen molar-refractivity contribution in [2.24, 2.45) is 0 Å². The summed E-state index contributed by atoms with van der Waals surface area (Å²) < 4.78 is 0. The molecule has 104 valence electrons. The van der Waals surface area contributed by atoms with E-state index in [9.17, 15) is 4.79 Å². The smallest absolute Gasteiger partial charge is 0.228 e. The van der Waals surface area contributed by atoms with Crippen LogP contribution in [0.5, 0.6) is 0 Å². The Balaban J connectivity index is 2.05. The van der Waals surface area contributed by atoms with E-state index in [-0.39, 0.29) is 11.9 Å². The topological polar surface area (TPSA) is 32.3 Å². The van der Waals surface area contributed by atoms with Crippen molar-refractivity contribution in [3.63, 3.8) is 0 Å². The predicted octanol–water partition coefficient (Wildman–Crippen LogP) is 2.83. The van der Waals surface area contributed by atoms with Gasteiger partial charge in [0.15, 0.2) is 0 Å². The number of carbonyl (C=O) groups is 1. The Morgan fingerprint density at radius 1 is 1.47 bits per heavy atom. The molecule has 2 rings (SSSR count). The maximum absolute atomic E-state index is 12.0. The summed E-state index contributed by atoms with van der Waals surface area (Å²) in [5, 5.41) is 4.19. The fourth-order valence-corrected chi connectivity index (χ4v) is 2.76. The van der Waals surface area contributed by atoms with Crippen molar-refractivity contribution in [1.29, 1.82) is 0 Å². The van der Waals surface area contributed by atoms with Gasteiger partial charge in [0.1, 0.15) is 0 Å². The highest BCUT2D eigenvalue weighted by molar-refractivity contribution is 7.99. The molecule has 0 saturated carbocycles. The molecule has 0 radical (unpaired) electrons. The molecule has 0 aromatic heterocycles. The molecule has 0 fully saturated rings. The number of benzene rings is 1. The minimum Gasteiger partial charge on any atom is -0.315 e. The van der Waals surface area contributed by atoms with Gasteiger partial charge in [-0.2, -0.15) is 11.8 Å². The van der Waals surface area contributed by atoms with E-state index in [1.807, 2.05) is 37.0 Å². The van der Waals surface area contributed by atoms with Crippen molar-refractivity contribution in [2.75, 3.05) is 24.7 Å². The molecule has 4 heteroatoms. The van der Waals surface area contributed by atoms with E-state index in [4.69, 9.17) is 0 Å². The van der Waals surface area contributed by atoms with Gasteiger partial charge in [-0.3, -0.25) is 4.79 Å². The number of hydrogen-bond donors (Lipinski definition) is 1. The molecule has 1 aliphatic heterocycles. The number of rotatable bonds is 5. The molecule has 2 unspecified atom stereocenters. The second-order valence-corrected chi connectivity index (χ2v) is 6.33. The van der Waals surface area contributed by atoms with Crippen LogP contribution in [0.2, 0.25) is 0 Å². The maximum atomic E-state index is 12.0. The van der Waals surface area contributed by atoms with Gasteiger partial charge in [-0.25, -0.2) is 0 Å². The Labute approximate surface area is 119 Å². The van der Waals surface area contributed by atoms with Gasteiger partial charge in [0.25, 0.3) is 0 Å². The molecule has 0 bridgehead atoms. The summed E-state index contributed by atoms with van der Waals surface area (Å²) in [5.74, 6) is 0.189. The Kier molecular flexibility index (Phi) is 4.88. The second-order valence-electron chi connectivity index (χ2n) is 5.06. The average Bonchev–Trinajstić information content (AvgIpc) is 2.44. The molecule has 0 spiro atoms. The van der Waals surface area contributed by atoms with Crippen LogP contribution >= 0.6 is 11.8 Å². The van der Waals surface area contributed by atoms with Gasteiger partial charge in [-0.15, -0.1) is 0 Å². The largest absolute Gasteiger partial charge is 0.315 e. The monoisotopic (exact) mass is 278 g/mol. The van der Waals surface area contributed by atoms with Gasteiger partial charge in [0.2, 0.25) is 5.91 Å². The molecule has 1 heterocycles. The van der Waals surface area contributed by atoms with Gasteiger partial charge in [-0.05, 0) is 30.9 Å². The molecule has 1 aromatic rings. The number of para-hydroxylation sites is 1. The first kappa shape index (κ1) is 14.4. The minimum atomic E-state index is 0.161. The van der Waals surface area contributed by atoms with Crippen molar-refractivity contribution >= 4 is 23.4 Å². The first-order valence-corrected chi connectivity index (χ1v) is 8.04. The Bertz CT molecular complexity index is 450. The number of anilines is 1. The third kappa shape index (κ3) is 3.31. The number of nitrogens with one attached hydrogen (secondary N) is 1. The molecular formula is C15H22N2OS. The number of nitrogens with zero attached hydrogens (tertiary/aromatic N) is 1. The van der Waals surface area contributed by atoms with Crippen LogP contribution in [0.1, 0.15) is 31.4 Å². The van der Waals surface area contributed by atoms with E-state index in [1.54, 1.807) is 4.90 Å². The van der Waals surface area contributed by atoms with Crippen molar-refractivity contribution in [2.45, 2.75) is 31.1 Å². The zero-order valence-electron chi connectivity index (χ0n) is 11.8. The van der Waals surface area contributed by atoms with Gasteiger partial charge < -0.3 is 10.2 Å². The first-order chi connectivity index (χ1) is 9.13. The summed E-state index contributed by atoms with van der Waals surface area (Å²) in [4.78, 5) is 13.8. The van der Waals surface area contributed by atoms with Crippen LogP contribution in [-0.4, -0.2) is 31.0 Å². The number of carbonyl (C=O) groups excluding carboxylic acids is 1. The zero-order chi connectivity index (χ0) is 13.8. The van der Waals surface area contributed by atoms with Crippen LogP contribution in [0.15, 0.2) is 24.3 Å². The van der Waals surface area contributed by atoms with Crippen molar-refractivity contribution in [3.05, 3.63) is 29.8 Å². The first-order valence-electron chi connectivity index (χ1n) is 6.75. The minimum absolute atomic E-state index is 0.161. The maximum Gasteiger partial charge on any atom is 0.228 e. The van der Waals surface area contributed by atoms with Crippen molar-refractivity contribution in [1.82, 2.24) is 5.32 Å². The van der Waals surface area contributed by atoms with Gasteiger partial charge in [0.05, 0.1) is 0 Å². The van der Waals surface area contributed by atoms with Crippen LogP contribution in [0.25, 0.3) is 0 Å². The van der Waals surface area contributed by atoms with E-state index >= 15 is 0 Å². The number of thioether (sulfide) groups is 1. The summed E-state index contributed by atoms with van der Waals surface area (Å²) in [5.41, 5.74) is 2.27. The fourth-order valence-electron chi connectivity index (χ4n) is 2.40. The standard InChI is InChI=1S/C15H22N2OS/c1-11(19-3)8-9-16-13-10-15(18)17(2)14-7-5-4-6-12(13)14/h4-7,11,13,16H,8-10H2,1-3H3. The molecule has 1 aromatic carbocycles. The normalized spacial score (nSPS) is 20.3. The van der Waals surface area contributed by atoms with Crippen LogP contribution in [0.3, 0.4) is 0 Å². The summed E-state index contributed by atoms with van der Waals surface area (Å²) >= 11 is 1.88. The molecule has 3 nitrogen and oxygen atoms in total. The quantitative estimate of drug-likeness (QED) is 0.899.